The van der Waals surface area contributed by atoms with Gasteiger partial charge in [0.05, 0.1) is 23.1 Å². The quantitative estimate of drug-likeness (QED) is 0.635. The summed E-state index contributed by atoms with van der Waals surface area (Å²) in [5, 5.41) is 23.4. The van der Waals surface area contributed by atoms with Crippen molar-refractivity contribution < 1.29 is 14.8 Å². The Hall–Kier alpha value is -2.15. The number of hydrogen-bond donors (Lipinski definition) is 2. The Kier molecular flexibility index (Phi) is 4.74. The first kappa shape index (κ1) is 15.2. The third-order valence-electron chi connectivity index (χ3n) is 3.67. The minimum Gasteiger partial charge on any atom is -0.394 e. The van der Waals surface area contributed by atoms with E-state index in [1.54, 1.807) is 11.0 Å². The Morgan fingerprint density at radius 3 is 2.95 bits per heavy atom. The summed E-state index contributed by atoms with van der Waals surface area (Å²) in [6.07, 6.45) is 1.59. The van der Waals surface area contributed by atoms with Crippen LogP contribution in [0.15, 0.2) is 18.2 Å². The summed E-state index contributed by atoms with van der Waals surface area (Å²) in [5.41, 5.74) is 0.424. The fraction of sp³-hybridized carbons (Fsp3) is 0.500. The van der Waals surface area contributed by atoms with E-state index in [2.05, 4.69) is 5.32 Å². The fourth-order valence-electron chi connectivity index (χ4n) is 2.68. The molecule has 1 fully saturated rings. The van der Waals surface area contributed by atoms with Crippen LogP contribution in [0.1, 0.15) is 30.1 Å². The van der Waals surface area contributed by atoms with E-state index in [0.29, 0.717) is 13.1 Å². The molecule has 7 nitrogen and oxygen atoms in total. The van der Waals surface area contributed by atoms with Gasteiger partial charge in [0.25, 0.3) is 11.6 Å². The third kappa shape index (κ3) is 2.97. The maximum absolute atomic E-state index is 12.6. The average molecular weight is 293 g/mol. The van der Waals surface area contributed by atoms with Gasteiger partial charge in [-0.15, -0.1) is 0 Å². The number of aliphatic hydroxyl groups excluding tert-OH is 1. The zero-order valence-electron chi connectivity index (χ0n) is 11.9. The number of nitrogens with one attached hydrogen (secondary N) is 1. The van der Waals surface area contributed by atoms with E-state index >= 15 is 0 Å². The molecule has 0 saturated carbocycles. The lowest BCUT2D eigenvalue weighted by molar-refractivity contribution is -0.384. The molecule has 1 unspecified atom stereocenters. The van der Waals surface area contributed by atoms with Crippen LogP contribution >= 0.6 is 0 Å². The molecule has 1 heterocycles. The van der Waals surface area contributed by atoms with E-state index in [4.69, 9.17) is 0 Å². The largest absolute Gasteiger partial charge is 0.394 e. The molecule has 1 aliphatic rings. The monoisotopic (exact) mass is 293 g/mol. The summed E-state index contributed by atoms with van der Waals surface area (Å²) in [7, 11) is 0. The summed E-state index contributed by atoms with van der Waals surface area (Å²) < 4.78 is 0. The normalized spacial score (nSPS) is 17.8. The van der Waals surface area contributed by atoms with Crippen LogP contribution in [0.5, 0.6) is 0 Å². The number of rotatable bonds is 5. The van der Waals surface area contributed by atoms with Gasteiger partial charge in [-0.1, -0.05) is 6.07 Å². The Morgan fingerprint density at radius 1 is 1.57 bits per heavy atom. The van der Waals surface area contributed by atoms with Gasteiger partial charge in [0.1, 0.15) is 5.69 Å². The Morgan fingerprint density at radius 2 is 2.33 bits per heavy atom. The van der Waals surface area contributed by atoms with Crippen molar-refractivity contribution in [1.82, 2.24) is 4.90 Å². The minimum absolute atomic E-state index is 0.0861. The SMILES string of the molecule is CCNc1c(C(=O)N2CCCC2CO)cccc1[N+](=O)[O-]. The molecule has 0 bridgehead atoms. The first-order chi connectivity index (χ1) is 10.1. The highest BCUT2D eigenvalue weighted by atomic mass is 16.6. The van der Waals surface area contributed by atoms with Crippen molar-refractivity contribution in [3.8, 4) is 0 Å². The summed E-state index contributed by atoms with van der Waals surface area (Å²) in [5.74, 6) is -0.272. The number of aliphatic hydroxyl groups is 1. The summed E-state index contributed by atoms with van der Waals surface area (Å²) in [6.45, 7) is 2.78. The topological polar surface area (TPSA) is 95.7 Å². The zero-order valence-corrected chi connectivity index (χ0v) is 11.9. The number of carbonyl (C=O) groups is 1. The van der Waals surface area contributed by atoms with Crippen molar-refractivity contribution in [3.05, 3.63) is 33.9 Å². The van der Waals surface area contributed by atoms with E-state index in [9.17, 15) is 20.0 Å². The van der Waals surface area contributed by atoms with E-state index in [-0.39, 0.29) is 35.5 Å². The molecule has 1 atom stereocenters. The molecule has 2 N–H and O–H groups in total. The van der Waals surface area contributed by atoms with Crippen LogP contribution in [-0.4, -0.2) is 46.6 Å². The highest BCUT2D eigenvalue weighted by molar-refractivity contribution is 6.02. The molecular formula is C14H19N3O4. The van der Waals surface area contributed by atoms with Gasteiger partial charge < -0.3 is 15.3 Å². The number of benzene rings is 1. The number of amides is 1. The molecule has 7 heteroatoms. The minimum atomic E-state index is -0.498. The van der Waals surface area contributed by atoms with Crippen LogP contribution in [0.2, 0.25) is 0 Å². The van der Waals surface area contributed by atoms with Crippen molar-refractivity contribution in [1.29, 1.82) is 0 Å². The number of carbonyl (C=O) groups excluding carboxylic acids is 1. The number of anilines is 1. The summed E-state index contributed by atoms with van der Waals surface area (Å²) in [6, 6.07) is 4.27. The van der Waals surface area contributed by atoms with Gasteiger partial charge in [-0.3, -0.25) is 14.9 Å². The van der Waals surface area contributed by atoms with Gasteiger partial charge >= 0.3 is 0 Å². The Bertz CT molecular complexity index is 547. The number of likely N-dealkylation sites (tertiary alicyclic amines) is 1. The number of para-hydroxylation sites is 1. The van der Waals surface area contributed by atoms with Gasteiger partial charge in [0.2, 0.25) is 0 Å². The molecule has 1 amide bonds. The fourth-order valence-corrected chi connectivity index (χ4v) is 2.68. The molecule has 0 aromatic heterocycles. The maximum Gasteiger partial charge on any atom is 0.293 e. The van der Waals surface area contributed by atoms with E-state index in [1.165, 1.54) is 12.1 Å². The average Bonchev–Trinajstić information content (AvgIpc) is 2.95. The highest BCUT2D eigenvalue weighted by Gasteiger charge is 2.31. The van der Waals surface area contributed by atoms with E-state index in [1.807, 2.05) is 6.92 Å². The lowest BCUT2D eigenvalue weighted by Gasteiger charge is -2.24. The molecule has 0 spiro atoms. The van der Waals surface area contributed by atoms with Gasteiger partial charge in [0.15, 0.2) is 0 Å². The van der Waals surface area contributed by atoms with Gasteiger partial charge in [-0.25, -0.2) is 0 Å². The Balaban J connectivity index is 2.40. The molecule has 1 saturated heterocycles. The van der Waals surface area contributed by atoms with Crippen molar-refractivity contribution in [3.63, 3.8) is 0 Å². The molecule has 114 valence electrons. The second-order valence-electron chi connectivity index (χ2n) is 4.96. The van der Waals surface area contributed by atoms with Crippen LogP contribution in [0.25, 0.3) is 0 Å². The van der Waals surface area contributed by atoms with Crippen LogP contribution in [0.4, 0.5) is 11.4 Å². The van der Waals surface area contributed by atoms with Crippen LogP contribution in [-0.2, 0) is 0 Å². The maximum atomic E-state index is 12.6. The molecule has 1 aromatic carbocycles. The van der Waals surface area contributed by atoms with E-state index < -0.39 is 4.92 Å². The zero-order chi connectivity index (χ0) is 15.4. The predicted molar refractivity (Wildman–Crippen MR) is 78.4 cm³/mol. The second kappa shape index (κ2) is 6.53. The van der Waals surface area contributed by atoms with Crippen LogP contribution in [0, 0.1) is 10.1 Å². The standard InChI is InChI=1S/C14H19N3O4/c1-2-15-13-11(6-3-7-12(13)17(20)21)14(19)16-8-4-5-10(16)9-18/h3,6-7,10,15,18H,2,4-5,8-9H2,1H3. The van der Waals surface area contributed by atoms with Gasteiger partial charge in [-0.2, -0.15) is 0 Å². The molecule has 1 aliphatic heterocycles. The van der Waals surface area contributed by atoms with Crippen LogP contribution < -0.4 is 5.32 Å². The third-order valence-corrected chi connectivity index (χ3v) is 3.67. The number of nitrogens with zero attached hydrogens (tertiary/aromatic N) is 2. The molecular weight excluding hydrogens is 274 g/mol. The van der Waals surface area contributed by atoms with Crippen molar-refractivity contribution in [2.45, 2.75) is 25.8 Å². The Labute approximate surface area is 122 Å². The lowest BCUT2D eigenvalue weighted by Crippen LogP contribution is -2.38. The smallest absolute Gasteiger partial charge is 0.293 e. The predicted octanol–water partition coefficient (Wildman–Crippen LogP) is 1.62. The number of hydrogen-bond acceptors (Lipinski definition) is 5. The first-order valence-corrected chi connectivity index (χ1v) is 7.03. The molecule has 21 heavy (non-hydrogen) atoms. The summed E-state index contributed by atoms with van der Waals surface area (Å²) in [4.78, 5) is 24.9. The first-order valence-electron chi connectivity index (χ1n) is 7.03. The van der Waals surface area contributed by atoms with Crippen molar-refractivity contribution >= 4 is 17.3 Å². The number of nitro benzene ring substituents is 1. The molecule has 0 aliphatic carbocycles. The van der Waals surface area contributed by atoms with Gasteiger partial charge in [-0.05, 0) is 25.8 Å². The second-order valence-corrected chi connectivity index (χ2v) is 4.96. The lowest BCUT2D eigenvalue weighted by atomic mass is 10.1. The van der Waals surface area contributed by atoms with Crippen molar-refractivity contribution in [2.24, 2.45) is 0 Å². The van der Waals surface area contributed by atoms with Crippen molar-refractivity contribution in [2.75, 3.05) is 25.0 Å². The molecule has 1 aromatic rings. The number of nitro groups is 1. The van der Waals surface area contributed by atoms with Crippen LogP contribution in [0.3, 0.4) is 0 Å². The van der Waals surface area contributed by atoms with Gasteiger partial charge in [0, 0.05) is 19.2 Å². The van der Waals surface area contributed by atoms with E-state index in [0.717, 1.165) is 12.8 Å². The highest BCUT2D eigenvalue weighted by Crippen LogP contribution is 2.30. The summed E-state index contributed by atoms with van der Waals surface area (Å²) >= 11 is 0. The molecule has 0 radical (unpaired) electrons. The molecule has 2 rings (SSSR count).